The molecule has 1 amide bonds. The van der Waals surface area contributed by atoms with E-state index in [2.05, 4.69) is 34.2 Å². The van der Waals surface area contributed by atoms with Crippen LogP contribution in [-0.2, 0) is 0 Å². The van der Waals surface area contributed by atoms with Gasteiger partial charge in [-0.1, -0.05) is 61.9 Å². The average Bonchev–Trinajstić information content (AvgIpc) is 3.43. The second kappa shape index (κ2) is 8.60. The van der Waals surface area contributed by atoms with Gasteiger partial charge in [-0.25, -0.2) is 9.67 Å². The topological polar surface area (TPSA) is 75.6 Å². The first-order chi connectivity index (χ1) is 14.9. The van der Waals surface area contributed by atoms with Crippen molar-refractivity contribution in [3.63, 3.8) is 0 Å². The molecule has 0 aliphatic heterocycles. The molecule has 0 radical (unpaired) electrons. The third-order valence-electron chi connectivity index (χ3n) is 5.31. The molecule has 2 heterocycles. The Morgan fingerprint density at radius 1 is 1.00 bits per heavy atom. The van der Waals surface area contributed by atoms with Crippen molar-refractivity contribution in [3.05, 3.63) is 89.6 Å². The molecule has 0 saturated carbocycles. The van der Waals surface area contributed by atoms with Crippen LogP contribution in [0.4, 0.5) is 0 Å². The molecule has 6 nitrogen and oxygen atoms in total. The molecule has 4 aromatic rings. The van der Waals surface area contributed by atoms with Crippen molar-refractivity contribution in [1.82, 2.24) is 25.1 Å². The van der Waals surface area contributed by atoms with Gasteiger partial charge in [-0.2, -0.15) is 5.10 Å². The molecule has 158 valence electrons. The number of nitrogens with zero attached hydrogens (tertiary/aromatic N) is 3. The number of carbonyl (C=O) groups excluding carboxylic acids is 1. The van der Waals surface area contributed by atoms with E-state index in [1.807, 2.05) is 73.1 Å². The van der Waals surface area contributed by atoms with E-state index in [1.165, 1.54) is 5.56 Å². The van der Waals surface area contributed by atoms with Crippen LogP contribution in [0.5, 0.6) is 0 Å². The summed E-state index contributed by atoms with van der Waals surface area (Å²) in [5.74, 6) is 0.685. The van der Waals surface area contributed by atoms with Crippen LogP contribution in [0.2, 0.25) is 0 Å². The number of hydrogen-bond donors (Lipinski definition) is 2. The van der Waals surface area contributed by atoms with E-state index < -0.39 is 0 Å². The highest BCUT2D eigenvalue weighted by Gasteiger charge is 2.23. The maximum absolute atomic E-state index is 13.1. The van der Waals surface area contributed by atoms with Crippen molar-refractivity contribution in [3.8, 4) is 16.9 Å². The zero-order valence-electron chi connectivity index (χ0n) is 18.3. The summed E-state index contributed by atoms with van der Waals surface area (Å²) in [6.45, 7) is 8.11. The molecule has 2 N–H and O–H groups in total. The number of amides is 1. The summed E-state index contributed by atoms with van der Waals surface area (Å²) in [7, 11) is 0. The lowest BCUT2D eigenvalue weighted by Crippen LogP contribution is -2.28. The zero-order valence-corrected chi connectivity index (χ0v) is 18.3. The fraction of sp³-hybridized carbons (Fsp3) is 0.240. The van der Waals surface area contributed by atoms with Gasteiger partial charge in [0.15, 0.2) is 0 Å². The van der Waals surface area contributed by atoms with Crippen molar-refractivity contribution >= 4 is 5.91 Å². The summed E-state index contributed by atoms with van der Waals surface area (Å²) < 4.78 is 1.85. The van der Waals surface area contributed by atoms with E-state index in [1.54, 1.807) is 12.4 Å². The molecule has 0 saturated heterocycles. The number of imidazole rings is 1. The van der Waals surface area contributed by atoms with E-state index >= 15 is 0 Å². The summed E-state index contributed by atoms with van der Waals surface area (Å²) in [5, 5.41) is 7.58. The minimum atomic E-state index is -0.271. The second-order valence-corrected chi connectivity index (χ2v) is 8.09. The fourth-order valence-electron chi connectivity index (χ4n) is 3.64. The molecule has 0 spiro atoms. The van der Waals surface area contributed by atoms with Gasteiger partial charge >= 0.3 is 0 Å². The lowest BCUT2D eigenvalue weighted by atomic mass is 10.0. The molecule has 0 aliphatic rings. The Kier molecular flexibility index (Phi) is 5.71. The minimum absolute atomic E-state index is 0.133. The predicted molar refractivity (Wildman–Crippen MR) is 122 cm³/mol. The largest absolute Gasteiger partial charge is 0.342 e. The van der Waals surface area contributed by atoms with E-state index in [0.717, 1.165) is 22.6 Å². The number of aromatic amines is 1. The molecule has 2 aromatic heterocycles. The first-order valence-corrected chi connectivity index (χ1v) is 10.5. The van der Waals surface area contributed by atoms with Gasteiger partial charge in [0.25, 0.3) is 5.91 Å². The highest BCUT2D eigenvalue weighted by atomic mass is 16.1. The van der Waals surface area contributed by atoms with Crippen LogP contribution in [0, 0.1) is 6.92 Å². The van der Waals surface area contributed by atoms with Crippen molar-refractivity contribution in [2.75, 3.05) is 0 Å². The van der Waals surface area contributed by atoms with Crippen LogP contribution in [0.15, 0.2) is 67.0 Å². The molecule has 0 aliphatic carbocycles. The summed E-state index contributed by atoms with van der Waals surface area (Å²) in [6, 6.07) is 17.9. The minimum Gasteiger partial charge on any atom is -0.342 e. The molecular formula is C25H27N5O. The average molecular weight is 414 g/mol. The normalized spacial score (nSPS) is 12.2. The Morgan fingerprint density at radius 3 is 2.39 bits per heavy atom. The molecule has 0 fully saturated rings. The van der Waals surface area contributed by atoms with Crippen LogP contribution in [-0.4, -0.2) is 25.7 Å². The van der Waals surface area contributed by atoms with Crippen LogP contribution in [0.1, 0.15) is 60.2 Å². The van der Waals surface area contributed by atoms with Gasteiger partial charge in [-0.05, 0) is 37.5 Å². The number of H-pyrrole nitrogens is 1. The number of aryl methyl sites for hydroxylation is 1. The maximum atomic E-state index is 13.1. The van der Waals surface area contributed by atoms with Crippen molar-refractivity contribution in [2.24, 2.45) is 0 Å². The Labute approximate surface area is 182 Å². The van der Waals surface area contributed by atoms with Gasteiger partial charge < -0.3 is 10.3 Å². The summed E-state index contributed by atoms with van der Waals surface area (Å²) >= 11 is 0. The Morgan fingerprint density at radius 2 is 1.71 bits per heavy atom. The number of aromatic nitrogens is 4. The molecule has 0 bridgehead atoms. The number of rotatable bonds is 6. The monoisotopic (exact) mass is 413 g/mol. The molecule has 2 aromatic carbocycles. The second-order valence-electron chi connectivity index (χ2n) is 8.09. The van der Waals surface area contributed by atoms with Gasteiger partial charge in [-0.3, -0.25) is 4.79 Å². The van der Waals surface area contributed by atoms with Gasteiger partial charge in [0.1, 0.15) is 5.82 Å². The highest BCUT2D eigenvalue weighted by Crippen LogP contribution is 2.24. The van der Waals surface area contributed by atoms with Crippen LogP contribution in [0.3, 0.4) is 0 Å². The highest BCUT2D eigenvalue weighted by molar-refractivity contribution is 5.95. The smallest absolute Gasteiger partial charge is 0.255 e. The van der Waals surface area contributed by atoms with Gasteiger partial charge in [-0.15, -0.1) is 0 Å². The van der Waals surface area contributed by atoms with Gasteiger partial charge in [0, 0.05) is 0 Å². The third-order valence-corrected chi connectivity index (χ3v) is 5.31. The quantitative estimate of drug-likeness (QED) is 0.457. The first kappa shape index (κ1) is 20.6. The molecule has 1 unspecified atom stereocenters. The number of benzene rings is 2. The SMILES string of the molecule is Cc1ccc(-n2ncc(C(=O)NC(C)c3ncc(-c4ccccc4)[nH]3)c2C(C)C)cc1. The van der Waals surface area contributed by atoms with Crippen LogP contribution >= 0.6 is 0 Å². The molecule has 6 heteroatoms. The van der Waals surface area contributed by atoms with Gasteiger partial charge in [0.05, 0.1) is 41.1 Å². The lowest BCUT2D eigenvalue weighted by molar-refractivity contribution is 0.0937. The van der Waals surface area contributed by atoms with Crippen LogP contribution < -0.4 is 5.32 Å². The predicted octanol–water partition coefficient (Wildman–Crippen LogP) is 5.19. The maximum Gasteiger partial charge on any atom is 0.255 e. The van der Waals surface area contributed by atoms with Crippen molar-refractivity contribution < 1.29 is 4.79 Å². The Balaban J connectivity index is 1.56. The van der Waals surface area contributed by atoms with Crippen molar-refractivity contribution in [2.45, 2.75) is 39.7 Å². The number of nitrogens with one attached hydrogen (secondary N) is 2. The van der Waals surface area contributed by atoms with Gasteiger partial charge in [0.2, 0.25) is 0 Å². The van der Waals surface area contributed by atoms with E-state index in [0.29, 0.717) is 11.4 Å². The molecule has 4 rings (SSSR count). The molecule has 31 heavy (non-hydrogen) atoms. The number of carbonyl (C=O) groups is 1. The summed E-state index contributed by atoms with van der Waals surface area (Å²) in [5.41, 5.74) is 5.57. The summed E-state index contributed by atoms with van der Waals surface area (Å²) in [6.07, 6.45) is 3.44. The third kappa shape index (κ3) is 4.28. The fourth-order valence-corrected chi connectivity index (χ4v) is 3.64. The van der Waals surface area contributed by atoms with E-state index in [-0.39, 0.29) is 17.9 Å². The van der Waals surface area contributed by atoms with E-state index in [9.17, 15) is 4.79 Å². The van der Waals surface area contributed by atoms with E-state index in [4.69, 9.17) is 0 Å². The molecular weight excluding hydrogens is 386 g/mol. The van der Waals surface area contributed by atoms with Crippen molar-refractivity contribution in [1.29, 1.82) is 0 Å². The van der Waals surface area contributed by atoms with Crippen LogP contribution in [0.25, 0.3) is 16.9 Å². The standard InChI is InChI=1S/C25H27N5O/c1-16(2)23-21(14-27-30(23)20-12-10-17(3)11-13-20)25(31)28-18(4)24-26-15-22(29-24)19-8-6-5-7-9-19/h5-16,18H,1-4H3,(H,26,29)(H,28,31). The lowest BCUT2D eigenvalue weighted by Gasteiger charge is -2.15. The number of hydrogen-bond acceptors (Lipinski definition) is 3. The first-order valence-electron chi connectivity index (χ1n) is 10.5. The summed E-state index contributed by atoms with van der Waals surface area (Å²) in [4.78, 5) is 20.9. The Bertz CT molecular complexity index is 1170. The Hall–Kier alpha value is -3.67. The zero-order chi connectivity index (χ0) is 22.0. The molecule has 1 atom stereocenters.